The summed E-state index contributed by atoms with van der Waals surface area (Å²) in [7, 11) is -1.97. The number of nitrogens with one attached hydrogen (secondary N) is 1. The summed E-state index contributed by atoms with van der Waals surface area (Å²) in [4.78, 5) is 12.5. The molecule has 2 aromatic carbocycles. The molecule has 2 aromatic rings. The molecule has 0 bridgehead atoms. The molecule has 1 amide bonds. The largest absolute Gasteiger partial charge is 0.495 e. The second-order valence-corrected chi connectivity index (χ2v) is 6.80. The number of hydrogen-bond donors (Lipinski definition) is 1. The standard InChI is InChI=1S/C16H17NO4S/c1-3-22(19,20)15-11-7-4-8-12(15)16(18)17-13-9-5-6-10-14(13)21-2/h4-11H,3H2,1-2H3,(H,17,18). The summed E-state index contributed by atoms with van der Waals surface area (Å²) in [5.74, 6) is -0.0461. The SMILES string of the molecule is CCS(=O)(=O)c1ccccc1C(=O)Nc1ccccc1OC. The molecule has 22 heavy (non-hydrogen) atoms. The van der Waals surface area contributed by atoms with E-state index in [2.05, 4.69) is 5.32 Å². The Hall–Kier alpha value is -2.34. The third kappa shape index (κ3) is 3.28. The van der Waals surface area contributed by atoms with Crippen molar-refractivity contribution in [3.05, 3.63) is 54.1 Å². The Labute approximate surface area is 129 Å². The van der Waals surface area contributed by atoms with Crippen LogP contribution in [0.25, 0.3) is 0 Å². The van der Waals surface area contributed by atoms with Gasteiger partial charge in [0.25, 0.3) is 5.91 Å². The van der Waals surface area contributed by atoms with Crippen molar-refractivity contribution in [3.63, 3.8) is 0 Å². The van der Waals surface area contributed by atoms with Gasteiger partial charge in [0.05, 0.1) is 29.0 Å². The molecule has 0 fully saturated rings. The maximum absolute atomic E-state index is 12.4. The van der Waals surface area contributed by atoms with Crippen LogP contribution in [0, 0.1) is 0 Å². The van der Waals surface area contributed by atoms with Crippen LogP contribution in [0.15, 0.2) is 53.4 Å². The van der Waals surface area contributed by atoms with Crippen LogP contribution >= 0.6 is 0 Å². The van der Waals surface area contributed by atoms with Crippen LogP contribution in [0.5, 0.6) is 5.75 Å². The predicted octanol–water partition coefficient (Wildman–Crippen LogP) is 2.74. The molecule has 0 saturated carbocycles. The fraction of sp³-hybridized carbons (Fsp3) is 0.188. The molecule has 0 aliphatic carbocycles. The summed E-state index contributed by atoms with van der Waals surface area (Å²) in [5.41, 5.74) is 0.606. The first-order chi connectivity index (χ1) is 10.5. The van der Waals surface area contributed by atoms with Crippen molar-refractivity contribution in [1.29, 1.82) is 0 Å². The van der Waals surface area contributed by atoms with Crippen molar-refractivity contribution >= 4 is 21.4 Å². The van der Waals surface area contributed by atoms with Gasteiger partial charge in [-0.1, -0.05) is 31.2 Å². The zero-order chi connectivity index (χ0) is 16.2. The smallest absolute Gasteiger partial charge is 0.257 e. The van der Waals surface area contributed by atoms with E-state index in [0.29, 0.717) is 11.4 Å². The van der Waals surface area contributed by atoms with E-state index in [1.54, 1.807) is 43.3 Å². The van der Waals surface area contributed by atoms with E-state index in [4.69, 9.17) is 4.74 Å². The lowest BCUT2D eigenvalue weighted by atomic mass is 10.2. The van der Waals surface area contributed by atoms with Crippen LogP contribution in [0.1, 0.15) is 17.3 Å². The Balaban J connectivity index is 2.39. The van der Waals surface area contributed by atoms with Crippen molar-refractivity contribution in [1.82, 2.24) is 0 Å². The molecular formula is C16H17NO4S. The average Bonchev–Trinajstić information content (AvgIpc) is 2.55. The quantitative estimate of drug-likeness (QED) is 0.920. The van der Waals surface area contributed by atoms with Gasteiger partial charge in [0.2, 0.25) is 0 Å². The molecule has 0 atom stereocenters. The summed E-state index contributed by atoms with van der Waals surface area (Å²) in [6, 6.07) is 13.1. The van der Waals surface area contributed by atoms with E-state index in [9.17, 15) is 13.2 Å². The van der Waals surface area contributed by atoms with Gasteiger partial charge in [-0.2, -0.15) is 0 Å². The number of carbonyl (C=O) groups excluding carboxylic acids is 1. The van der Waals surface area contributed by atoms with E-state index < -0.39 is 15.7 Å². The number of ether oxygens (including phenoxy) is 1. The minimum Gasteiger partial charge on any atom is -0.495 e. The van der Waals surface area contributed by atoms with Crippen molar-refractivity contribution in [2.75, 3.05) is 18.2 Å². The first-order valence-corrected chi connectivity index (χ1v) is 8.41. The van der Waals surface area contributed by atoms with Gasteiger partial charge in [0.15, 0.2) is 9.84 Å². The van der Waals surface area contributed by atoms with E-state index in [1.165, 1.54) is 19.2 Å². The Morgan fingerprint density at radius 2 is 1.73 bits per heavy atom. The summed E-state index contributed by atoms with van der Waals surface area (Å²) in [5, 5.41) is 2.69. The van der Waals surface area contributed by atoms with E-state index in [1.807, 2.05) is 0 Å². The van der Waals surface area contributed by atoms with Gasteiger partial charge in [-0.15, -0.1) is 0 Å². The highest BCUT2D eigenvalue weighted by Crippen LogP contribution is 2.25. The maximum Gasteiger partial charge on any atom is 0.257 e. The van der Waals surface area contributed by atoms with Crippen LogP contribution in [0.3, 0.4) is 0 Å². The lowest BCUT2D eigenvalue weighted by molar-refractivity contribution is 0.102. The van der Waals surface area contributed by atoms with Gasteiger partial charge in [0.1, 0.15) is 5.75 Å². The zero-order valence-corrected chi connectivity index (χ0v) is 13.2. The summed E-state index contributed by atoms with van der Waals surface area (Å²) in [6.07, 6.45) is 0. The summed E-state index contributed by atoms with van der Waals surface area (Å²) in [6.45, 7) is 1.55. The van der Waals surface area contributed by atoms with Crippen LogP contribution < -0.4 is 10.1 Å². The minimum absolute atomic E-state index is 0.0323. The summed E-state index contributed by atoms with van der Waals surface area (Å²) >= 11 is 0. The number of rotatable bonds is 5. The van der Waals surface area contributed by atoms with Crippen molar-refractivity contribution < 1.29 is 17.9 Å². The van der Waals surface area contributed by atoms with Crippen LogP contribution in [0.4, 0.5) is 5.69 Å². The number of carbonyl (C=O) groups is 1. The van der Waals surface area contributed by atoms with Gasteiger partial charge in [0, 0.05) is 0 Å². The number of sulfone groups is 1. The fourth-order valence-corrected chi connectivity index (χ4v) is 3.11. The average molecular weight is 319 g/mol. The molecule has 0 saturated heterocycles. The predicted molar refractivity (Wildman–Crippen MR) is 85.1 cm³/mol. The van der Waals surface area contributed by atoms with Crippen molar-refractivity contribution in [2.24, 2.45) is 0 Å². The van der Waals surface area contributed by atoms with E-state index in [0.717, 1.165) is 0 Å². The molecule has 2 rings (SSSR count). The molecule has 0 unspecified atom stereocenters. The highest BCUT2D eigenvalue weighted by Gasteiger charge is 2.21. The number of anilines is 1. The number of para-hydroxylation sites is 2. The molecule has 1 N–H and O–H groups in total. The molecule has 0 aliphatic heterocycles. The Kier molecular flexibility index (Phi) is 4.82. The monoisotopic (exact) mass is 319 g/mol. The van der Waals surface area contributed by atoms with Gasteiger partial charge < -0.3 is 10.1 Å². The van der Waals surface area contributed by atoms with Gasteiger partial charge >= 0.3 is 0 Å². The van der Waals surface area contributed by atoms with E-state index >= 15 is 0 Å². The lowest BCUT2D eigenvalue weighted by Crippen LogP contribution is -2.17. The number of benzene rings is 2. The van der Waals surface area contributed by atoms with Crippen LogP contribution in [-0.2, 0) is 9.84 Å². The molecule has 0 radical (unpaired) electrons. The third-order valence-electron chi connectivity index (χ3n) is 3.20. The minimum atomic E-state index is -3.47. The Morgan fingerprint density at radius 1 is 1.09 bits per heavy atom. The molecule has 0 heterocycles. The third-order valence-corrected chi connectivity index (χ3v) is 4.99. The van der Waals surface area contributed by atoms with Crippen LogP contribution in [0.2, 0.25) is 0 Å². The summed E-state index contributed by atoms with van der Waals surface area (Å²) < 4.78 is 29.4. The van der Waals surface area contributed by atoms with Gasteiger partial charge in [-0.25, -0.2) is 8.42 Å². The second kappa shape index (κ2) is 6.62. The first kappa shape index (κ1) is 16.0. The normalized spacial score (nSPS) is 11.0. The Bertz CT molecular complexity index is 784. The van der Waals surface area contributed by atoms with Gasteiger partial charge in [-0.05, 0) is 24.3 Å². The highest BCUT2D eigenvalue weighted by molar-refractivity contribution is 7.91. The maximum atomic E-state index is 12.4. The molecule has 0 aromatic heterocycles. The zero-order valence-electron chi connectivity index (χ0n) is 12.4. The Morgan fingerprint density at radius 3 is 2.41 bits per heavy atom. The molecule has 6 heteroatoms. The van der Waals surface area contributed by atoms with Gasteiger partial charge in [-0.3, -0.25) is 4.79 Å². The molecule has 0 aliphatic rings. The first-order valence-electron chi connectivity index (χ1n) is 6.75. The van der Waals surface area contributed by atoms with Crippen molar-refractivity contribution in [3.8, 4) is 5.75 Å². The molecular weight excluding hydrogens is 302 g/mol. The molecule has 5 nitrogen and oxygen atoms in total. The molecule has 0 spiro atoms. The van der Waals surface area contributed by atoms with Crippen LogP contribution in [-0.4, -0.2) is 27.2 Å². The highest BCUT2D eigenvalue weighted by atomic mass is 32.2. The topological polar surface area (TPSA) is 72.5 Å². The number of hydrogen-bond acceptors (Lipinski definition) is 4. The lowest BCUT2D eigenvalue weighted by Gasteiger charge is -2.12. The molecule has 116 valence electrons. The second-order valence-electron chi connectivity index (χ2n) is 4.55. The van der Waals surface area contributed by atoms with E-state index in [-0.39, 0.29) is 16.2 Å². The van der Waals surface area contributed by atoms with Crippen molar-refractivity contribution in [2.45, 2.75) is 11.8 Å². The fourth-order valence-electron chi connectivity index (χ4n) is 2.02. The number of amides is 1. The number of methoxy groups -OCH3 is 1.